The van der Waals surface area contributed by atoms with Gasteiger partial charge in [-0.1, -0.05) is 85.1 Å². The van der Waals surface area contributed by atoms with Crippen molar-refractivity contribution < 1.29 is 82.1 Å². The molecule has 0 aliphatic rings. The molecule has 0 amide bonds. The number of ketones is 1. The summed E-state index contributed by atoms with van der Waals surface area (Å²) in [5.74, 6) is -0.805. The molecular weight excluding hydrogens is 716 g/mol. The smallest absolute Gasteiger partial charge is 0 e. The Bertz CT molecular complexity index is 987. The Hall–Kier alpha value is -3.64. The minimum absolute atomic E-state index is 0. The number of hydrogen-bond donors (Lipinski definition) is 2. The minimum Gasteiger partial charge on any atom is 0 e. The molecule has 0 aromatic heterocycles. The Morgan fingerprint density at radius 2 is 0.857 bits per heavy atom. The van der Waals surface area contributed by atoms with E-state index in [4.69, 9.17) is 33.3 Å². The van der Waals surface area contributed by atoms with Gasteiger partial charge in [0.05, 0.1) is 5.60 Å². The standard InChI is InChI=1S/C17H26O2.C12H16O2.2C2H4O.4CO.2Fe/c1-4-5-6-7-8-9-10-11-12-13-16(18)14-15-17(2,3)19;1-2-3-4-5-6-7-8-9-10-11-12(13)14;2*1-2-3;4*1-2;;/h4-9,12-13,19H,10-11,14-15H2,1-3H3;2-7,10-11H,8-9H2,1H3,(H,13,14);2*2H,1H3;;;;;;/b5-4+,7-6+,9-8+,13-12+;3-2+,5-4+,7-6+,11-10+;;;;;;;;. The van der Waals surface area contributed by atoms with Gasteiger partial charge >= 0.3 is 51.2 Å². The summed E-state index contributed by atoms with van der Waals surface area (Å²) in [6.07, 6.45) is 35.9. The van der Waals surface area contributed by atoms with Gasteiger partial charge in [0.25, 0.3) is 0 Å². The molecule has 0 radical (unpaired) electrons. The molecule has 12 heteroatoms. The van der Waals surface area contributed by atoms with Crippen LogP contribution in [0.2, 0.25) is 0 Å². The van der Waals surface area contributed by atoms with E-state index in [0.29, 0.717) is 12.8 Å². The summed E-state index contributed by atoms with van der Waals surface area (Å²) in [7, 11) is 0. The van der Waals surface area contributed by atoms with Gasteiger partial charge in [-0.25, -0.2) is 4.79 Å². The van der Waals surface area contributed by atoms with Crippen molar-refractivity contribution >= 4 is 24.3 Å². The summed E-state index contributed by atoms with van der Waals surface area (Å²) < 4.78 is 30.0. The number of carboxylic acid groups (broad SMARTS) is 1. The second-order valence-electron chi connectivity index (χ2n) is 8.23. The molecule has 49 heavy (non-hydrogen) atoms. The van der Waals surface area contributed by atoms with Gasteiger partial charge in [0.1, 0.15) is 12.6 Å². The van der Waals surface area contributed by atoms with E-state index in [9.17, 15) is 14.7 Å². The molecule has 0 aliphatic carbocycles. The predicted octanol–water partition coefficient (Wildman–Crippen LogP) is 7.48. The van der Waals surface area contributed by atoms with Crippen LogP contribution < -0.4 is 0 Å². The number of allylic oxidation sites excluding steroid dienone is 15. The molecule has 0 aromatic rings. The Labute approximate surface area is 314 Å². The maximum Gasteiger partial charge on any atom is 0 e. The van der Waals surface area contributed by atoms with Crippen LogP contribution in [0.5, 0.6) is 0 Å². The molecule has 2 N–H and O–H groups in total. The summed E-state index contributed by atoms with van der Waals surface area (Å²) in [5, 5.41) is 17.8. The average molecular weight is 766 g/mol. The fourth-order valence-electron chi connectivity index (χ4n) is 2.12. The maximum absolute atomic E-state index is 11.5. The second kappa shape index (κ2) is 79.6. The quantitative estimate of drug-likeness (QED) is 0.0331. The molecule has 0 rings (SSSR count). The van der Waals surface area contributed by atoms with E-state index in [0.717, 1.165) is 38.3 Å². The molecule has 0 bridgehead atoms. The third-order valence-electron chi connectivity index (χ3n) is 3.87. The van der Waals surface area contributed by atoms with E-state index in [1.165, 1.54) is 19.9 Å². The Balaban J connectivity index is -0.0000000557. The van der Waals surface area contributed by atoms with Gasteiger partial charge in [-0.05, 0) is 79.7 Å². The van der Waals surface area contributed by atoms with Gasteiger partial charge in [0.15, 0.2) is 5.78 Å². The molecular formula is C37H50Fe2O10. The average Bonchev–Trinajstić information content (AvgIpc) is 3.06. The molecule has 0 aromatic carbocycles. The predicted molar refractivity (Wildman–Crippen MR) is 180 cm³/mol. The molecule has 0 saturated heterocycles. The van der Waals surface area contributed by atoms with Gasteiger partial charge < -0.3 is 19.8 Å². The van der Waals surface area contributed by atoms with Crippen LogP contribution in [0.25, 0.3) is 0 Å². The molecule has 10 nitrogen and oxygen atoms in total. The van der Waals surface area contributed by atoms with E-state index in [-0.39, 0.29) is 39.9 Å². The zero-order valence-electron chi connectivity index (χ0n) is 29.0. The van der Waals surface area contributed by atoms with Crippen molar-refractivity contribution in [3.63, 3.8) is 0 Å². The SMILES string of the molecule is C/C=C/C=C/C=C/CC/C=C/C(=O)CCC(C)(C)O.C/C=C/C=C/C=C/CC/C=C/C(=O)O.CC=O.CC=O.[C-]#[O+].[C-]#[O+].[C-]#[O+].[C-]#[O+].[Fe].[Fe]. The van der Waals surface area contributed by atoms with E-state index < -0.39 is 11.6 Å². The van der Waals surface area contributed by atoms with Crippen molar-refractivity contribution in [2.75, 3.05) is 0 Å². The zero-order valence-corrected chi connectivity index (χ0v) is 31.2. The van der Waals surface area contributed by atoms with Gasteiger partial charge in [-0.3, -0.25) is 4.79 Å². The van der Waals surface area contributed by atoms with Gasteiger partial charge in [0.2, 0.25) is 0 Å². The van der Waals surface area contributed by atoms with Crippen molar-refractivity contribution in [3.8, 4) is 0 Å². The largest absolute Gasteiger partial charge is 0 e. The van der Waals surface area contributed by atoms with Gasteiger partial charge in [0, 0.05) is 46.6 Å². The molecule has 0 atom stereocenters. The van der Waals surface area contributed by atoms with Gasteiger partial charge in [-0.2, -0.15) is 0 Å². The topological polar surface area (TPSA) is 188 Å². The summed E-state index contributed by atoms with van der Waals surface area (Å²) >= 11 is 0. The van der Waals surface area contributed by atoms with Gasteiger partial charge in [-0.15, -0.1) is 0 Å². The van der Waals surface area contributed by atoms with Crippen molar-refractivity contribution in [2.24, 2.45) is 0 Å². The Morgan fingerprint density at radius 3 is 1.14 bits per heavy atom. The summed E-state index contributed by atoms with van der Waals surface area (Å²) in [4.78, 5) is 39.2. The minimum atomic E-state index is -0.887. The molecule has 0 fully saturated rings. The van der Waals surface area contributed by atoms with Crippen LogP contribution >= 0.6 is 0 Å². The van der Waals surface area contributed by atoms with Crippen molar-refractivity contribution in [1.29, 1.82) is 0 Å². The first-order valence-electron chi connectivity index (χ1n) is 13.9. The Morgan fingerprint density at radius 1 is 0.571 bits per heavy atom. The number of aldehydes is 2. The van der Waals surface area contributed by atoms with Crippen LogP contribution in [0.4, 0.5) is 0 Å². The van der Waals surface area contributed by atoms with Crippen LogP contribution in [-0.2, 0) is 71.9 Å². The van der Waals surface area contributed by atoms with Crippen molar-refractivity contribution in [3.05, 3.63) is 124 Å². The number of hydrogen-bond acceptors (Lipinski definition) is 5. The van der Waals surface area contributed by atoms with Crippen LogP contribution in [0.3, 0.4) is 0 Å². The number of unbranched alkanes of at least 4 members (excludes halogenated alkanes) is 2. The first kappa shape index (κ1) is 71.4. The number of carboxylic acids is 1. The molecule has 0 aliphatic heterocycles. The summed E-state index contributed by atoms with van der Waals surface area (Å²) in [6.45, 7) is 28.3. The molecule has 0 saturated carbocycles. The first-order valence-corrected chi connectivity index (χ1v) is 13.9. The first-order chi connectivity index (χ1) is 22.6. The Kier molecular flexibility index (Phi) is 116. The molecule has 0 spiro atoms. The van der Waals surface area contributed by atoms with Crippen LogP contribution in [0, 0.1) is 26.6 Å². The number of aliphatic carboxylic acids is 1. The normalized spacial score (nSPS) is 9.53. The van der Waals surface area contributed by atoms with Crippen LogP contribution in [-0.4, -0.2) is 40.1 Å². The van der Waals surface area contributed by atoms with E-state index in [1.54, 1.807) is 26.0 Å². The van der Waals surface area contributed by atoms with Crippen LogP contribution in [0.1, 0.15) is 80.1 Å². The molecule has 0 unspecified atom stereocenters. The number of carbonyl (C=O) groups is 4. The van der Waals surface area contributed by atoms with Crippen molar-refractivity contribution in [2.45, 2.75) is 85.7 Å². The summed E-state index contributed by atoms with van der Waals surface area (Å²) in [6, 6.07) is 0. The molecule has 0 heterocycles. The van der Waals surface area contributed by atoms with E-state index in [2.05, 4.69) is 32.7 Å². The molecule has 274 valence electrons. The van der Waals surface area contributed by atoms with Crippen molar-refractivity contribution in [1.82, 2.24) is 0 Å². The van der Waals surface area contributed by atoms with E-state index >= 15 is 0 Å². The second-order valence-corrected chi connectivity index (χ2v) is 8.23. The fourth-order valence-corrected chi connectivity index (χ4v) is 2.12. The zero-order chi connectivity index (χ0) is 38.6. The number of rotatable bonds is 15. The number of aliphatic hydroxyl groups is 1. The third kappa shape index (κ3) is 134. The fraction of sp³-hybridized carbons (Fsp3) is 0.351. The van der Waals surface area contributed by atoms with E-state index in [1.807, 2.05) is 86.8 Å². The van der Waals surface area contributed by atoms with Crippen LogP contribution in [0.15, 0.2) is 97.2 Å². The third-order valence-corrected chi connectivity index (χ3v) is 3.87. The monoisotopic (exact) mass is 766 g/mol. The maximum atomic E-state index is 11.5. The number of carbonyl (C=O) groups excluding carboxylic acids is 3. The summed E-state index contributed by atoms with van der Waals surface area (Å²) in [5.41, 5.74) is -0.758.